The minimum atomic E-state index is -2.73. The fourth-order valence-corrected chi connectivity index (χ4v) is 5.70. The lowest BCUT2D eigenvalue weighted by molar-refractivity contribution is 0.0178. The maximum Gasteiger partial charge on any atom is 0.151 e. The molecule has 3 heterocycles. The van der Waals surface area contributed by atoms with Crippen molar-refractivity contribution in [3.63, 3.8) is 0 Å². The zero-order chi connectivity index (χ0) is 13.8. The lowest BCUT2D eigenvalue weighted by Gasteiger charge is -2.55. The van der Waals surface area contributed by atoms with Crippen LogP contribution in [0.1, 0.15) is 18.2 Å². The molecule has 5 nitrogen and oxygen atoms in total. The number of likely N-dealkylation sites (tertiary alicyclic amines) is 1. The Bertz CT molecular complexity index is 603. The topological polar surface area (TPSA) is 55.2 Å². The molecular weight excluding hydrogens is 286 g/mol. The molecule has 106 valence electrons. The third kappa shape index (κ3) is 2.19. The highest BCUT2D eigenvalue weighted by atomic mass is 35.5. The Labute approximate surface area is 118 Å². The predicted molar refractivity (Wildman–Crippen MR) is 74.0 cm³/mol. The van der Waals surface area contributed by atoms with Crippen LogP contribution in [0.5, 0.6) is 0 Å². The summed E-state index contributed by atoms with van der Waals surface area (Å²) in [7, 11) is -0.884. The summed E-state index contributed by atoms with van der Waals surface area (Å²) in [5.74, 6) is 0.718. The molecule has 1 spiro atoms. The van der Waals surface area contributed by atoms with Crippen molar-refractivity contribution in [2.45, 2.75) is 19.9 Å². The van der Waals surface area contributed by atoms with E-state index in [0.29, 0.717) is 16.7 Å². The Kier molecular flexibility index (Phi) is 2.96. The molecule has 0 aliphatic carbocycles. The van der Waals surface area contributed by atoms with Gasteiger partial charge >= 0.3 is 0 Å². The number of sulfone groups is 1. The van der Waals surface area contributed by atoms with Crippen molar-refractivity contribution in [1.29, 1.82) is 0 Å². The van der Waals surface area contributed by atoms with E-state index in [2.05, 4.69) is 16.9 Å². The SMILES string of the molecule is CCc1nn(C)c(Cl)c1CN1CC2(C1)CS(=O)(=O)C2. The molecule has 7 heteroatoms. The molecule has 2 fully saturated rings. The molecule has 0 saturated carbocycles. The van der Waals surface area contributed by atoms with Crippen LogP contribution in [-0.4, -0.2) is 47.7 Å². The summed E-state index contributed by atoms with van der Waals surface area (Å²) < 4.78 is 24.2. The van der Waals surface area contributed by atoms with Gasteiger partial charge in [-0.1, -0.05) is 18.5 Å². The second-order valence-corrected chi connectivity index (χ2v) is 8.29. The van der Waals surface area contributed by atoms with E-state index in [4.69, 9.17) is 11.6 Å². The van der Waals surface area contributed by atoms with E-state index in [1.54, 1.807) is 4.68 Å². The first-order chi connectivity index (χ1) is 8.84. The van der Waals surface area contributed by atoms with Crippen molar-refractivity contribution in [2.75, 3.05) is 24.6 Å². The standard InChI is InChI=1S/C12H18ClN3O2S/c1-3-10-9(11(13)15(2)14-10)4-16-5-12(6-16)7-19(17,18)8-12/h3-8H2,1-2H3. The van der Waals surface area contributed by atoms with Crippen molar-refractivity contribution in [3.8, 4) is 0 Å². The van der Waals surface area contributed by atoms with Crippen LogP contribution in [0.3, 0.4) is 0 Å². The molecule has 0 amide bonds. The Morgan fingerprint density at radius 2 is 2.00 bits per heavy atom. The molecule has 2 aliphatic rings. The van der Waals surface area contributed by atoms with Crippen LogP contribution >= 0.6 is 11.6 Å². The summed E-state index contributed by atoms with van der Waals surface area (Å²) in [6, 6.07) is 0. The molecule has 1 aromatic rings. The van der Waals surface area contributed by atoms with Gasteiger partial charge in [0, 0.05) is 37.7 Å². The Balaban J connectivity index is 1.66. The number of halogens is 1. The molecule has 0 radical (unpaired) electrons. The van der Waals surface area contributed by atoms with Crippen LogP contribution in [0.2, 0.25) is 5.15 Å². The van der Waals surface area contributed by atoms with Gasteiger partial charge in [0.1, 0.15) is 5.15 Å². The van der Waals surface area contributed by atoms with Gasteiger partial charge < -0.3 is 0 Å². The quantitative estimate of drug-likeness (QED) is 0.831. The van der Waals surface area contributed by atoms with Gasteiger partial charge in [0.2, 0.25) is 0 Å². The summed E-state index contributed by atoms with van der Waals surface area (Å²) in [5.41, 5.74) is 2.17. The van der Waals surface area contributed by atoms with Gasteiger partial charge in [-0.05, 0) is 6.42 Å². The molecule has 19 heavy (non-hydrogen) atoms. The average Bonchev–Trinajstić information content (AvgIpc) is 2.51. The summed E-state index contributed by atoms with van der Waals surface area (Å²) in [6.07, 6.45) is 0.864. The lowest BCUT2D eigenvalue weighted by Crippen LogP contribution is -2.67. The van der Waals surface area contributed by atoms with Gasteiger partial charge in [-0.15, -0.1) is 0 Å². The van der Waals surface area contributed by atoms with Gasteiger partial charge in [-0.3, -0.25) is 9.58 Å². The number of hydrogen-bond acceptors (Lipinski definition) is 4. The molecule has 3 rings (SSSR count). The van der Waals surface area contributed by atoms with Crippen LogP contribution in [0, 0.1) is 5.41 Å². The first-order valence-corrected chi connectivity index (χ1v) is 8.67. The molecule has 2 saturated heterocycles. The first-order valence-electron chi connectivity index (χ1n) is 6.47. The molecule has 0 aromatic carbocycles. The van der Waals surface area contributed by atoms with Crippen molar-refractivity contribution < 1.29 is 8.42 Å². The van der Waals surface area contributed by atoms with Crippen molar-refractivity contribution in [2.24, 2.45) is 12.5 Å². The Morgan fingerprint density at radius 3 is 2.53 bits per heavy atom. The zero-order valence-corrected chi connectivity index (χ0v) is 12.8. The number of aromatic nitrogens is 2. The highest BCUT2D eigenvalue weighted by Gasteiger charge is 2.55. The molecule has 1 aromatic heterocycles. The maximum absolute atomic E-state index is 11.3. The van der Waals surface area contributed by atoms with E-state index >= 15 is 0 Å². The molecule has 0 unspecified atom stereocenters. The summed E-state index contributed by atoms with van der Waals surface area (Å²) in [4.78, 5) is 2.26. The minimum absolute atomic E-state index is 0.0416. The van der Waals surface area contributed by atoms with Gasteiger partial charge in [0.05, 0.1) is 17.2 Å². The van der Waals surface area contributed by atoms with E-state index in [9.17, 15) is 8.42 Å². The van der Waals surface area contributed by atoms with Crippen molar-refractivity contribution >= 4 is 21.4 Å². The Morgan fingerprint density at radius 1 is 1.37 bits per heavy atom. The zero-order valence-electron chi connectivity index (χ0n) is 11.2. The normalized spacial score (nSPS) is 24.2. The van der Waals surface area contributed by atoms with Crippen molar-refractivity contribution in [3.05, 3.63) is 16.4 Å². The van der Waals surface area contributed by atoms with Crippen LogP contribution in [0.4, 0.5) is 0 Å². The highest BCUT2D eigenvalue weighted by Crippen LogP contribution is 2.42. The van der Waals surface area contributed by atoms with E-state index in [1.165, 1.54) is 0 Å². The molecular formula is C12H18ClN3O2S. The van der Waals surface area contributed by atoms with E-state index < -0.39 is 9.84 Å². The molecule has 0 bridgehead atoms. The fraction of sp³-hybridized carbons (Fsp3) is 0.750. The second-order valence-electron chi connectivity index (χ2n) is 5.87. The monoisotopic (exact) mass is 303 g/mol. The maximum atomic E-state index is 11.3. The third-order valence-electron chi connectivity index (χ3n) is 4.04. The number of rotatable bonds is 3. The Hall–Kier alpha value is -0.590. The number of aryl methyl sites for hydroxylation is 2. The van der Waals surface area contributed by atoms with E-state index in [0.717, 1.165) is 37.3 Å². The summed E-state index contributed by atoms with van der Waals surface area (Å²) >= 11 is 6.26. The van der Waals surface area contributed by atoms with Gasteiger partial charge in [0.15, 0.2) is 9.84 Å². The fourth-order valence-electron chi connectivity index (χ4n) is 3.35. The molecule has 0 N–H and O–H groups in total. The van der Waals surface area contributed by atoms with Gasteiger partial charge in [-0.25, -0.2) is 8.42 Å². The van der Waals surface area contributed by atoms with Gasteiger partial charge in [0.25, 0.3) is 0 Å². The minimum Gasteiger partial charge on any atom is -0.298 e. The van der Waals surface area contributed by atoms with Crippen LogP contribution in [0.15, 0.2) is 0 Å². The van der Waals surface area contributed by atoms with E-state index in [1.807, 2.05) is 7.05 Å². The summed E-state index contributed by atoms with van der Waals surface area (Å²) in [5, 5.41) is 5.09. The molecule has 2 aliphatic heterocycles. The summed E-state index contributed by atoms with van der Waals surface area (Å²) in [6.45, 7) is 4.57. The average molecular weight is 304 g/mol. The number of nitrogens with zero attached hydrogens (tertiary/aromatic N) is 3. The largest absolute Gasteiger partial charge is 0.298 e. The lowest BCUT2D eigenvalue weighted by atomic mass is 9.82. The predicted octanol–water partition coefficient (Wildman–Crippen LogP) is 0.866. The van der Waals surface area contributed by atoms with Crippen LogP contribution < -0.4 is 0 Å². The third-order valence-corrected chi connectivity index (χ3v) is 6.62. The second kappa shape index (κ2) is 4.20. The van der Waals surface area contributed by atoms with Crippen LogP contribution in [-0.2, 0) is 29.9 Å². The van der Waals surface area contributed by atoms with E-state index in [-0.39, 0.29) is 5.41 Å². The highest BCUT2D eigenvalue weighted by molar-refractivity contribution is 7.92. The van der Waals surface area contributed by atoms with Gasteiger partial charge in [-0.2, -0.15) is 5.10 Å². The smallest absolute Gasteiger partial charge is 0.151 e. The van der Waals surface area contributed by atoms with Crippen molar-refractivity contribution in [1.82, 2.24) is 14.7 Å². The molecule has 0 atom stereocenters. The number of hydrogen-bond donors (Lipinski definition) is 0. The first kappa shape index (κ1) is 13.4. The van der Waals surface area contributed by atoms with Crippen LogP contribution in [0.25, 0.3) is 0 Å².